The average Bonchev–Trinajstić information content (AvgIpc) is 2.73. The number of nitrogens with zero attached hydrogens (tertiary/aromatic N) is 1. The molecule has 2 N–H and O–H groups in total. The number of carbonyl (C=O) groups is 2. The predicted molar refractivity (Wildman–Crippen MR) is 103 cm³/mol. The van der Waals surface area contributed by atoms with E-state index in [-0.39, 0.29) is 18.1 Å². The lowest BCUT2D eigenvalue weighted by molar-refractivity contribution is 0.0600. The number of methoxy groups -OCH3 is 1. The van der Waals surface area contributed by atoms with Crippen LogP contribution in [0.2, 0.25) is 0 Å². The normalized spacial score (nSPS) is 10.2. The second-order valence-electron chi connectivity index (χ2n) is 5.90. The molecule has 0 saturated heterocycles. The van der Waals surface area contributed by atoms with Crippen molar-refractivity contribution in [3.05, 3.63) is 89.5 Å². The Hall–Kier alpha value is -3.74. The molecule has 0 bridgehead atoms. The second-order valence-corrected chi connectivity index (χ2v) is 5.90. The van der Waals surface area contributed by atoms with Gasteiger partial charge in [0.1, 0.15) is 11.5 Å². The highest BCUT2D eigenvalue weighted by molar-refractivity contribution is 5.93. The van der Waals surface area contributed by atoms with E-state index in [0.717, 1.165) is 5.69 Å². The summed E-state index contributed by atoms with van der Waals surface area (Å²) in [7, 11) is 1.32. The first kappa shape index (κ1) is 19.0. The molecule has 7 heteroatoms. The minimum Gasteiger partial charge on any atom is -0.465 e. The number of carbonyl (C=O) groups excluding carboxylic acids is 2. The standard InChI is InChI=1S/C21H18FN3O3/c1-28-21(27)14-6-8-16(9-7-14)25-17-10-11-23-19(12-17)20(26)24-13-15-4-2-3-5-18(15)22/h2-12H,13H2,1H3,(H,23,25)(H,24,26). The number of anilines is 2. The third-order valence-corrected chi connectivity index (χ3v) is 3.98. The SMILES string of the molecule is COC(=O)c1ccc(Nc2ccnc(C(=O)NCc3ccccc3F)c2)cc1. The van der Waals surface area contributed by atoms with Crippen molar-refractivity contribution in [2.45, 2.75) is 6.54 Å². The zero-order chi connectivity index (χ0) is 19.9. The average molecular weight is 379 g/mol. The minimum atomic E-state index is -0.413. The van der Waals surface area contributed by atoms with Crippen molar-refractivity contribution in [3.8, 4) is 0 Å². The molecule has 3 rings (SSSR count). The Balaban J connectivity index is 1.65. The quantitative estimate of drug-likeness (QED) is 0.639. The highest BCUT2D eigenvalue weighted by Crippen LogP contribution is 2.18. The largest absolute Gasteiger partial charge is 0.465 e. The van der Waals surface area contributed by atoms with Crippen LogP contribution in [0.25, 0.3) is 0 Å². The number of pyridine rings is 1. The minimum absolute atomic E-state index is 0.0693. The van der Waals surface area contributed by atoms with Gasteiger partial charge in [-0.25, -0.2) is 9.18 Å². The lowest BCUT2D eigenvalue weighted by Crippen LogP contribution is -2.24. The molecule has 0 radical (unpaired) electrons. The number of amides is 1. The number of esters is 1. The van der Waals surface area contributed by atoms with Crippen molar-refractivity contribution in [2.24, 2.45) is 0 Å². The van der Waals surface area contributed by atoms with Gasteiger partial charge >= 0.3 is 5.97 Å². The zero-order valence-corrected chi connectivity index (χ0v) is 15.1. The van der Waals surface area contributed by atoms with Crippen LogP contribution < -0.4 is 10.6 Å². The molecule has 2 aromatic carbocycles. The molecule has 0 aliphatic rings. The molecule has 1 aromatic heterocycles. The van der Waals surface area contributed by atoms with Gasteiger partial charge in [0.2, 0.25) is 0 Å². The summed E-state index contributed by atoms with van der Waals surface area (Å²) >= 11 is 0. The van der Waals surface area contributed by atoms with Crippen LogP contribution in [0.3, 0.4) is 0 Å². The molecule has 0 aliphatic carbocycles. The summed E-state index contributed by atoms with van der Waals surface area (Å²) in [4.78, 5) is 27.8. The maximum absolute atomic E-state index is 13.6. The van der Waals surface area contributed by atoms with Crippen molar-refractivity contribution in [1.29, 1.82) is 0 Å². The molecular formula is C21H18FN3O3. The zero-order valence-electron chi connectivity index (χ0n) is 15.1. The lowest BCUT2D eigenvalue weighted by Gasteiger charge is -2.09. The molecule has 0 atom stereocenters. The van der Waals surface area contributed by atoms with Crippen molar-refractivity contribution >= 4 is 23.3 Å². The van der Waals surface area contributed by atoms with Crippen LogP contribution in [-0.2, 0) is 11.3 Å². The monoisotopic (exact) mass is 379 g/mol. The first-order chi connectivity index (χ1) is 13.6. The van der Waals surface area contributed by atoms with Gasteiger partial charge in [0.05, 0.1) is 12.7 Å². The molecule has 1 heterocycles. The highest BCUT2D eigenvalue weighted by atomic mass is 19.1. The first-order valence-corrected chi connectivity index (χ1v) is 8.50. The van der Waals surface area contributed by atoms with Gasteiger partial charge in [0.25, 0.3) is 5.91 Å². The lowest BCUT2D eigenvalue weighted by atomic mass is 10.2. The Bertz CT molecular complexity index is 990. The van der Waals surface area contributed by atoms with E-state index in [1.54, 1.807) is 54.6 Å². The smallest absolute Gasteiger partial charge is 0.337 e. The van der Waals surface area contributed by atoms with E-state index in [9.17, 15) is 14.0 Å². The number of hydrogen-bond acceptors (Lipinski definition) is 5. The fourth-order valence-corrected chi connectivity index (χ4v) is 2.51. The number of hydrogen-bond donors (Lipinski definition) is 2. The van der Waals surface area contributed by atoms with Crippen molar-refractivity contribution in [3.63, 3.8) is 0 Å². The van der Waals surface area contributed by atoms with Crippen LogP contribution in [0, 0.1) is 5.82 Å². The molecule has 0 aliphatic heterocycles. The molecule has 0 spiro atoms. The molecule has 28 heavy (non-hydrogen) atoms. The number of rotatable bonds is 6. The Morgan fingerprint density at radius 3 is 2.50 bits per heavy atom. The summed E-state index contributed by atoms with van der Waals surface area (Å²) in [6.07, 6.45) is 1.50. The predicted octanol–water partition coefficient (Wildman–Crippen LogP) is 3.68. The molecule has 0 fully saturated rings. The first-order valence-electron chi connectivity index (χ1n) is 8.50. The number of nitrogens with one attached hydrogen (secondary N) is 2. The molecule has 3 aromatic rings. The molecule has 142 valence electrons. The van der Waals surface area contributed by atoms with E-state index < -0.39 is 11.9 Å². The van der Waals surface area contributed by atoms with E-state index in [0.29, 0.717) is 16.8 Å². The van der Waals surface area contributed by atoms with Crippen LogP contribution >= 0.6 is 0 Å². The van der Waals surface area contributed by atoms with E-state index >= 15 is 0 Å². The number of aromatic nitrogens is 1. The molecule has 6 nitrogen and oxygen atoms in total. The summed E-state index contributed by atoms with van der Waals surface area (Å²) < 4.78 is 18.3. The van der Waals surface area contributed by atoms with Gasteiger partial charge in [0, 0.05) is 29.7 Å². The number of ether oxygens (including phenoxy) is 1. The maximum atomic E-state index is 13.6. The van der Waals surface area contributed by atoms with Crippen LogP contribution in [0.15, 0.2) is 66.9 Å². The molecule has 0 saturated carbocycles. The third kappa shape index (κ3) is 4.70. The number of halogens is 1. The van der Waals surface area contributed by atoms with E-state index in [1.165, 1.54) is 19.4 Å². The topological polar surface area (TPSA) is 80.3 Å². The van der Waals surface area contributed by atoms with E-state index in [2.05, 4.69) is 20.4 Å². The molecule has 1 amide bonds. The van der Waals surface area contributed by atoms with Gasteiger partial charge in [-0.15, -0.1) is 0 Å². The Morgan fingerprint density at radius 1 is 1.04 bits per heavy atom. The summed E-state index contributed by atoms with van der Waals surface area (Å²) in [6, 6.07) is 16.3. The van der Waals surface area contributed by atoms with Crippen molar-refractivity contribution in [1.82, 2.24) is 10.3 Å². The second kappa shape index (κ2) is 8.77. The van der Waals surface area contributed by atoms with Gasteiger partial charge < -0.3 is 15.4 Å². The van der Waals surface area contributed by atoms with Crippen LogP contribution in [0.1, 0.15) is 26.4 Å². The van der Waals surface area contributed by atoms with Gasteiger partial charge in [-0.1, -0.05) is 18.2 Å². The summed E-state index contributed by atoms with van der Waals surface area (Å²) in [6.45, 7) is 0.0693. The van der Waals surface area contributed by atoms with Crippen LogP contribution in [-0.4, -0.2) is 24.0 Å². The Labute approximate surface area is 161 Å². The Kier molecular flexibility index (Phi) is 5.96. The van der Waals surface area contributed by atoms with Gasteiger partial charge in [0.15, 0.2) is 0 Å². The summed E-state index contributed by atoms with van der Waals surface area (Å²) in [5.41, 5.74) is 2.42. The van der Waals surface area contributed by atoms with Crippen LogP contribution in [0.4, 0.5) is 15.8 Å². The van der Waals surface area contributed by atoms with Crippen LogP contribution in [0.5, 0.6) is 0 Å². The Morgan fingerprint density at radius 2 is 1.79 bits per heavy atom. The van der Waals surface area contributed by atoms with Gasteiger partial charge in [-0.2, -0.15) is 0 Å². The third-order valence-electron chi connectivity index (χ3n) is 3.98. The molecular weight excluding hydrogens is 361 g/mol. The van der Waals surface area contributed by atoms with E-state index in [1.807, 2.05) is 0 Å². The molecule has 0 unspecified atom stereocenters. The fourth-order valence-electron chi connectivity index (χ4n) is 2.51. The highest BCUT2D eigenvalue weighted by Gasteiger charge is 2.10. The summed E-state index contributed by atoms with van der Waals surface area (Å²) in [5.74, 6) is -1.20. The number of benzene rings is 2. The fraction of sp³-hybridized carbons (Fsp3) is 0.0952. The van der Waals surface area contributed by atoms with Gasteiger partial charge in [-0.05, 0) is 42.5 Å². The van der Waals surface area contributed by atoms with E-state index in [4.69, 9.17) is 0 Å². The van der Waals surface area contributed by atoms with Crippen molar-refractivity contribution in [2.75, 3.05) is 12.4 Å². The summed E-state index contributed by atoms with van der Waals surface area (Å²) in [5, 5.41) is 5.79. The van der Waals surface area contributed by atoms with Crippen molar-refractivity contribution < 1.29 is 18.7 Å². The maximum Gasteiger partial charge on any atom is 0.337 e. The van der Waals surface area contributed by atoms with Gasteiger partial charge in [-0.3, -0.25) is 9.78 Å².